The smallest absolute Gasteiger partial charge is 0.250 e. The Morgan fingerprint density at radius 1 is 1.21 bits per heavy atom. The highest BCUT2D eigenvalue weighted by molar-refractivity contribution is 5.99. The van der Waals surface area contributed by atoms with Crippen molar-refractivity contribution in [2.75, 3.05) is 13.7 Å². The highest BCUT2D eigenvalue weighted by Crippen LogP contribution is 2.32. The minimum Gasteiger partial charge on any atom is -0.495 e. The number of amides is 1. The summed E-state index contributed by atoms with van der Waals surface area (Å²) in [6.07, 6.45) is 6.17. The summed E-state index contributed by atoms with van der Waals surface area (Å²) in [5, 5.41) is 10.5. The maximum Gasteiger partial charge on any atom is 0.250 e. The monoisotopic (exact) mass is 449 g/mol. The summed E-state index contributed by atoms with van der Waals surface area (Å²) in [4.78, 5) is 19.3. The quantitative estimate of drug-likeness (QED) is 0.565. The van der Waals surface area contributed by atoms with Gasteiger partial charge in [0.15, 0.2) is 0 Å². The number of benzene rings is 2. The second-order valence-electron chi connectivity index (χ2n) is 8.36. The van der Waals surface area contributed by atoms with Gasteiger partial charge >= 0.3 is 0 Å². The van der Waals surface area contributed by atoms with Gasteiger partial charge in [0.25, 0.3) is 0 Å². The van der Waals surface area contributed by atoms with E-state index in [0.29, 0.717) is 29.9 Å². The summed E-state index contributed by atoms with van der Waals surface area (Å²) >= 11 is 0. The molecule has 0 radical (unpaired) electrons. The van der Waals surface area contributed by atoms with Gasteiger partial charge in [0.1, 0.15) is 11.6 Å². The Morgan fingerprint density at radius 3 is 2.61 bits per heavy atom. The molecule has 1 aromatic heterocycles. The predicted molar refractivity (Wildman–Crippen MR) is 125 cm³/mol. The van der Waals surface area contributed by atoms with Crippen LogP contribution in [-0.4, -0.2) is 45.2 Å². The first kappa shape index (κ1) is 22.7. The summed E-state index contributed by atoms with van der Waals surface area (Å²) in [6, 6.07) is 11.2. The molecule has 2 atom stereocenters. The van der Waals surface area contributed by atoms with Crippen molar-refractivity contribution in [3.8, 4) is 11.4 Å². The molecule has 4 rings (SSSR count). The van der Waals surface area contributed by atoms with E-state index >= 15 is 0 Å². The molecule has 33 heavy (non-hydrogen) atoms. The van der Waals surface area contributed by atoms with Gasteiger partial charge in [-0.25, -0.2) is 9.37 Å². The fourth-order valence-electron chi connectivity index (χ4n) is 4.36. The molecule has 0 spiro atoms. The van der Waals surface area contributed by atoms with E-state index in [4.69, 9.17) is 4.74 Å². The first-order chi connectivity index (χ1) is 15.9. The van der Waals surface area contributed by atoms with Gasteiger partial charge in [-0.2, -0.15) is 0 Å². The molecule has 172 valence electrons. The average Bonchev–Trinajstić information content (AvgIpc) is 3.23. The molecule has 0 saturated carbocycles. The fraction of sp³-hybridized carbons (Fsp3) is 0.308. The van der Waals surface area contributed by atoms with Crippen molar-refractivity contribution in [2.24, 2.45) is 0 Å². The lowest BCUT2D eigenvalue weighted by Gasteiger charge is -2.37. The summed E-state index contributed by atoms with van der Waals surface area (Å²) in [7, 11) is 1.61. The second kappa shape index (κ2) is 9.58. The van der Waals surface area contributed by atoms with Crippen LogP contribution in [0.3, 0.4) is 0 Å². The van der Waals surface area contributed by atoms with Crippen LogP contribution in [0.15, 0.2) is 60.6 Å². The summed E-state index contributed by atoms with van der Waals surface area (Å²) in [6.45, 7) is 4.11. The molecule has 6 nitrogen and oxygen atoms in total. The van der Waals surface area contributed by atoms with Gasteiger partial charge in [0, 0.05) is 18.3 Å². The highest BCUT2D eigenvalue weighted by atomic mass is 19.1. The minimum atomic E-state index is -0.795. The highest BCUT2D eigenvalue weighted by Gasteiger charge is 2.33. The Bertz CT molecular complexity index is 1170. The van der Waals surface area contributed by atoms with Gasteiger partial charge in [-0.1, -0.05) is 18.2 Å². The number of ether oxygens (including phenoxy) is 1. The van der Waals surface area contributed by atoms with Crippen LogP contribution in [0.5, 0.6) is 5.75 Å². The van der Waals surface area contributed by atoms with Gasteiger partial charge in [-0.15, -0.1) is 0 Å². The average molecular weight is 450 g/mol. The molecule has 1 amide bonds. The van der Waals surface area contributed by atoms with Crippen LogP contribution < -0.4 is 4.74 Å². The molecule has 2 heterocycles. The summed E-state index contributed by atoms with van der Waals surface area (Å²) in [5.41, 5.74) is 4.00. The van der Waals surface area contributed by atoms with Crippen LogP contribution in [0.1, 0.15) is 42.6 Å². The van der Waals surface area contributed by atoms with Gasteiger partial charge in [0.2, 0.25) is 5.91 Å². The minimum absolute atomic E-state index is 0.121. The second-order valence-corrected chi connectivity index (χ2v) is 8.36. The Balaban J connectivity index is 1.63. The van der Waals surface area contributed by atoms with E-state index in [2.05, 4.69) is 4.98 Å². The number of halogens is 1. The summed E-state index contributed by atoms with van der Waals surface area (Å²) in [5.74, 6) is 0.205. The number of hydrogen-bond acceptors (Lipinski definition) is 4. The topological polar surface area (TPSA) is 67.6 Å². The Kier molecular flexibility index (Phi) is 6.60. The first-order valence-electron chi connectivity index (χ1n) is 11.0. The maximum absolute atomic E-state index is 13.4. The molecule has 0 bridgehead atoms. The third-order valence-electron chi connectivity index (χ3n) is 5.92. The number of methoxy groups -OCH3 is 1. The van der Waals surface area contributed by atoms with E-state index in [1.54, 1.807) is 37.4 Å². The number of aliphatic hydroxyl groups excluding tert-OH is 1. The number of likely N-dealkylation sites (tertiary alicyclic amines) is 1. The number of hydrogen-bond donors (Lipinski definition) is 1. The SMILES string of the molecule is COc1cc(C=C2CCCN([C@H](c3ccc(F)cc3)[C@H](C)O)C2=O)ccc1-n1cnc(C)c1. The zero-order chi connectivity index (χ0) is 23.5. The fourth-order valence-corrected chi connectivity index (χ4v) is 4.36. The molecule has 0 unspecified atom stereocenters. The van der Waals surface area contributed by atoms with Crippen LogP contribution in [0, 0.1) is 12.7 Å². The van der Waals surface area contributed by atoms with E-state index in [-0.39, 0.29) is 11.7 Å². The summed E-state index contributed by atoms with van der Waals surface area (Å²) < 4.78 is 20.9. The Morgan fingerprint density at radius 2 is 1.97 bits per heavy atom. The van der Waals surface area contributed by atoms with Crippen LogP contribution >= 0.6 is 0 Å². The number of piperidine rings is 1. The zero-order valence-electron chi connectivity index (χ0n) is 19.0. The van der Waals surface area contributed by atoms with Crippen molar-refractivity contribution < 1.29 is 19.0 Å². The van der Waals surface area contributed by atoms with Gasteiger partial charge in [-0.3, -0.25) is 4.79 Å². The number of carbonyl (C=O) groups excluding carboxylic acids is 1. The van der Waals surface area contributed by atoms with Crippen molar-refractivity contribution in [1.29, 1.82) is 0 Å². The maximum atomic E-state index is 13.4. The van der Waals surface area contributed by atoms with Crippen LogP contribution in [-0.2, 0) is 4.79 Å². The molecule has 1 aliphatic heterocycles. The lowest BCUT2D eigenvalue weighted by Crippen LogP contribution is -2.43. The molecule has 2 aromatic carbocycles. The van der Waals surface area contributed by atoms with E-state index in [9.17, 15) is 14.3 Å². The van der Waals surface area contributed by atoms with Crippen LogP contribution in [0.4, 0.5) is 4.39 Å². The van der Waals surface area contributed by atoms with E-state index in [1.807, 2.05) is 42.0 Å². The molecule has 1 fully saturated rings. The largest absolute Gasteiger partial charge is 0.495 e. The van der Waals surface area contributed by atoms with E-state index < -0.39 is 12.1 Å². The first-order valence-corrected chi connectivity index (χ1v) is 11.0. The third kappa shape index (κ3) is 4.83. The predicted octanol–water partition coefficient (Wildman–Crippen LogP) is 4.46. The Hall–Kier alpha value is -3.45. The lowest BCUT2D eigenvalue weighted by molar-refractivity contribution is -0.133. The number of carbonyl (C=O) groups is 1. The Labute approximate surface area is 192 Å². The number of imidazole rings is 1. The van der Waals surface area contributed by atoms with Crippen molar-refractivity contribution in [2.45, 2.75) is 38.8 Å². The van der Waals surface area contributed by atoms with Crippen molar-refractivity contribution >= 4 is 12.0 Å². The van der Waals surface area contributed by atoms with Gasteiger partial charge in [-0.05, 0) is 68.2 Å². The normalized spacial score (nSPS) is 17.3. The number of aromatic nitrogens is 2. The van der Waals surface area contributed by atoms with Crippen molar-refractivity contribution in [3.63, 3.8) is 0 Å². The zero-order valence-corrected chi connectivity index (χ0v) is 19.0. The van der Waals surface area contributed by atoms with E-state index in [1.165, 1.54) is 12.1 Å². The van der Waals surface area contributed by atoms with Crippen molar-refractivity contribution in [3.05, 3.63) is 83.2 Å². The molecule has 1 saturated heterocycles. The van der Waals surface area contributed by atoms with Crippen LogP contribution in [0.2, 0.25) is 0 Å². The number of aliphatic hydroxyl groups is 1. The lowest BCUT2D eigenvalue weighted by atomic mass is 9.94. The molecule has 0 aliphatic carbocycles. The number of rotatable bonds is 6. The molecule has 7 heteroatoms. The van der Waals surface area contributed by atoms with Gasteiger partial charge in [0.05, 0.1) is 37.0 Å². The van der Waals surface area contributed by atoms with Gasteiger partial charge < -0.3 is 19.3 Å². The molecule has 3 aromatic rings. The standard InChI is InChI=1S/C26H28FN3O3/c1-17-15-29(16-28-17)23-11-6-19(14-24(23)33-3)13-21-5-4-12-30(26(21)32)25(18(2)31)20-7-9-22(27)10-8-20/h6-11,13-16,18,25,31H,4-5,12H2,1-3H3/t18-,25-/m0/s1. The van der Waals surface area contributed by atoms with Crippen molar-refractivity contribution in [1.82, 2.24) is 14.5 Å². The molecular formula is C26H28FN3O3. The van der Waals surface area contributed by atoms with E-state index in [0.717, 1.165) is 23.4 Å². The third-order valence-corrected chi connectivity index (χ3v) is 5.92. The molecular weight excluding hydrogens is 421 g/mol. The molecule has 1 aliphatic rings. The number of nitrogens with zero attached hydrogens (tertiary/aromatic N) is 3. The number of aryl methyl sites for hydroxylation is 1. The molecule has 1 N–H and O–H groups in total. The van der Waals surface area contributed by atoms with Crippen LogP contribution in [0.25, 0.3) is 11.8 Å².